The molecule has 0 amide bonds. The van der Waals surface area contributed by atoms with E-state index in [1.165, 1.54) is 16.5 Å². The van der Waals surface area contributed by atoms with Crippen LogP contribution >= 0.6 is 11.6 Å². The van der Waals surface area contributed by atoms with Crippen LogP contribution in [0.2, 0.25) is 5.02 Å². The second-order valence-corrected chi connectivity index (χ2v) is 7.96. The molecule has 0 aliphatic heterocycles. The maximum absolute atomic E-state index is 6.23. The lowest BCUT2D eigenvalue weighted by Gasteiger charge is -2.10. The number of pyridine rings is 2. The van der Waals surface area contributed by atoms with E-state index in [4.69, 9.17) is 21.6 Å². The molecule has 5 aromatic rings. The lowest BCUT2D eigenvalue weighted by Crippen LogP contribution is -2.08. The Bertz CT molecular complexity index is 1310. The minimum Gasteiger partial charge on any atom is -0.370 e. The molecule has 32 heavy (non-hydrogen) atoms. The maximum Gasteiger partial charge on any atom is 0.180 e. The zero-order valence-electron chi connectivity index (χ0n) is 17.5. The average Bonchev–Trinajstić information content (AvgIpc) is 3.14. The van der Waals surface area contributed by atoms with Gasteiger partial charge in [-0.3, -0.25) is 9.97 Å². The molecule has 0 aliphatic carbocycles. The van der Waals surface area contributed by atoms with Crippen LogP contribution in [-0.2, 0) is 13.5 Å². The Morgan fingerprint density at radius 3 is 2.72 bits per heavy atom. The van der Waals surface area contributed by atoms with Gasteiger partial charge in [0, 0.05) is 65.9 Å². The van der Waals surface area contributed by atoms with Gasteiger partial charge in [0.1, 0.15) is 11.5 Å². The van der Waals surface area contributed by atoms with Crippen LogP contribution in [0.15, 0.2) is 79.4 Å². The summed E-state index contributed by atoms with van der Waals surface area (Å²) in [6.07, 6.45) is 8.29. The predicted molar refractivity (Wildman–Crippen MR) is 129 cm³/mol. The molecule has 6 nitrogen and oxygen atoms in total. The molecule has 0 atom stereocenters. The number of hydrogen-bond donors (Lipinski definition) is 1. The number of fused-ring (bicyclic) bond motifs is 1. The second-order valence-electron chi connectivity index (χ2n) is 7.52. The summed E-state index contributed by atoms with van der Waals surface area (Å²) in [4.78, 5) is 18.1. The largest absolute Gasteiger partial charge is 0.370 e. The standard InChI is InChI=1S/C25H21ClN6/c1-32-16-18(20-13-19(26)7-8-23(20)32)9-12-29-24-14-22(17-5-4-10-27-15-17)30-25(31-24)21-6-2-3-11-28-21/h2-8,10-11,13-16H,9,12H2,1H3,(H,29,30,31). The highest BCUT2D eigenvalue weighted by atomic mass is 35.5. The van der Waals surface area contributed by atoms with Gasteiger partial charge in [0.25, 0.3) is 0 Å². The molecule has 158 valence electrons. The minimum atomic E-state index is 0.575. The quantitative estimate of drug-likeness (QED) is 0.383. The van der Waals surface area contributed by atoms with Crippen molar-refractivity contribution in [2.75, 3.05) is 11.9 Å². The summed E-state index contributed by atoms with van der Waals surface area (Å²) in [5, 5.41) is 5.38. The fourth-order valence-electron chi connectivity index (χ4n) is 3.78. The average molecular weight is 441 g/mol. The maximum atomic E-state index is 6.23. The molecule has 1 aromatic carbocycles. The van der Waals surface area contributed by atoms with Crippen LogP contribution in [0.1, 0.15) is 5.56 Å². The third-order valence-electron chi connectivity index (χ3n) is 5.31. The molecule has 0 bridgehead atoms. The molecule has 0 saturated carbocycles. The first-order valence-corrected chi connectivity index (χ1v) is 10.7. The number of rotatable bonds is 6. The fourth-order valence-corrected chi connectivity index (χ4v) is 3.95. The molecule has 0 saturated heterocycles. The van der Waals surface area contributed by atoms with E-state index >= 15 is 0 Å². The lowest BCUT2D eigenvalue weighted by molar-refractivity contribution is 0.940. The molecule has 1 N–H and O–H groups in total. The highest BCUT2D eigenvalue weighted by molar-refractivity contribution is 6.31. The smallest absolute Gasteiger partial charge is 0.180 e. The first-order valence-electron chi connectivity index (χ1n) is 10.4. The van der Waals surface area contributed by atoms with Crippen LogP contribution in [0, 0.1) is 0 Å². The van der Waals surface area contributed by atoms with E-state index in [1.807, 2.05) is 48.5 Å². The monoisotopic (exact) mass is 440 g/mol. The minimum absolute atomic E-state index is 0.575. The summed E-state index contributed by atoms with van der Waals surface area (Å²) >= 11 is 6.23. The van der Waals surface area contributed by atoms with Crippen LogP contribution < -0.4 is 5.32 Å². The molecule has 7 heteroatoms. The summed E-state index contributed by atoms with van der Waals surface area (Å²) < 4.78 is 2.13. The molecule has 0 spiro atoms. The van der Waals surface area contributed by atoms with Gasteiger partial charge in [0.2, 0.25) is 0 Å². The van der Waals surface area contributed by atoms with Crippen molar-refractivity contribution in [2.24, 2.45) is 7.05 Å². The first-order chi connectivity index (χ1) is 15.7. The van der Waals surface area contributed by atoms with Crippen LogP contribution in [0.25, 0.3) is 33.7 Å². The van der Waals surface area contributed by atoms with Crippen LogP contribution in [-0.4, -0.2) is 31.0 Å². The number of nitrogens with zero attached hydrogens (tertiary/aromatic N) is 5. The molecule has 0 radical (unpaired) electrons. The molecule has 4 aromatic heterocycles. The molecule has 0 unspecified atom stereocenters. The number of aryl methyl sites for hydroxylation is 1. The SMILES string of the molecule is Cn1cc(CCNc2cc(-c3cccnc3)nc(-c3ccccn3)n2)c2cc(Cl)ccc21. The van der Waals surface area contributed by atoms with E-state index in [2.05, 4.69) is 39.2 Å². The highest BCUT2D eigenvalue weighted by Crippen LogP contribution is 2.26. The van der Waals surface area contributed by atoms with Crippen molar-refractivity contribution in [1.82, 2.24) is 24.5 Å². The second kappa shape index (κ2) is 8.77. The third-order valence-corrected chi connectivity index (χ3v) is 5.55. The van der Waals surface area contributed by atoms with Crippen molar-refractivity contribution >= 4 is 28.3 Å². The number of nitrogens with one attached hydrogen (secondary N) is 1. The summed E-state index contributed by atoms with van der Waals surface area (Å²) in [7, 11) is 2.05. The molecular formula is C25H21ClN6. The number of anilines is 1. The molecule has 4 heterocycles. The van der Waals surface area contributed by atoms with E-state index in [-0.39, 0.29) is 0 Å². The van der Waals surface area contributed by atoms with Gasteiger partial charge in [0.05, 0.1) is 5.69 Å². The van der Waals surface area contributed by atoms with Gasteiger partial charge >= 0.3 is 0 Å². The van der Waals surface area contributed by atoms with Gasteiger partial charge in [-0.25, -0.2) is 9.97 Å². The number of hydrogen-bond acceptors (Lipinski definition) is 5. The van der Waals surface area contributed by atoms with Crippen LogP contribution in [0.5, 0.6) is 0 Å². The van der Waals surface area contributed by atoms with E-state index in [9.17, 15) is 0 Å². The van der Waals surface area contributed by atoms with Crippen LogP contribution in [0.4, 0.5) is 5.82 Å². The zero-order valence-corrected chi connectivity index (χ0v) is 18.3. The fraction of sp³-hybridized carbons (Fsp3) is 0.120. The summed E-state index contributed by atoms with van der Waals surface area (Å²) in [5.41, 5.74) is 4.86. The van der Waals surface area contributed by atoms with Crippen molar-refractivity contribution in [3.05, 3.63) is 90.0 Å². The molecular weight excluding hydrogens is 420 g/mol. The van der Waals surface area contributed by atoms with E-state index in [0.29, 0.717) is 5.82 Å². The highest BCUT2D eigenvalue weighted by Gasteiger charge is 2.11. The lowest BCUT2D eigenvalue weighted by atomic mass is 10.1. The van der Waals surface area contributed by atoms with Crippen LogP contribution in [0.3, 0.4) is 0 Å². The Morgan fingerprint density at radius 2 is 1.91 bits per heavy atom. The zero-order chi connectivity index (χ0) is 21.9. The van der Waals surface area contributed by atoms with Gasteiger partial charge in [0.15, 0.2) is 5.82 Å². The summed E-state index contributed by atoms with van der Waals surface area (Å²) in [6, 6.07) is 17.6. The molecule has 0 aliphatic rings. The Kier molecular flexibility index (Phi) is 5.52. The Labute approximate surface area is 191 Å². The number of benzene rings is 1. The first kappa shape index (κ1) is 20.2. The number of aromatic nitrogens is 5. The topological polar surface area (TPSA) is 68.5 Å². The molecule has 5 rings (SSSR count). The summed E-state index contributed by atoms with van der Waals surface area (Å²) in [6.45, 7) is 0.719. The number of halogens is 1. The van der Waals surface area contributed by atoms with Crippen molar-refractivity contribution < 1.29 is 0 Å². The predicted octanol–water partition coefficient (Wildman–Crippen LogP) is 5.40. The van der Waals surface area contributed by atoms with Gasteiger partial charge in [-0.15, -0.1) is 0 Å². The van der Waals surface area contributed by atoms with Crippen molar-refractivity contribution in [3.8, 4) is 22.8 Å². The van der Waals surface area contributed by atoms with Crippen molar-refractivity contribution in [1.29, 1.82) is 0 Å². The van der Waals surface area contributed by atoms with Gasteiger partial charge in [-0.05, 0) is 54.4 Å². The summed E-state index contributed by atoms with van der Waals surface area (Å²) in [5.74, 6) is 1.32. The van der Waals surface area contributed by atoms with Crippen molar-refractivity contribution in [2.45, 2.75) is 6.42 Å². The van der Waals surface area contributed by atoms with E-state index < -0.39 is 0 Å². The van der Waals surface area contributed by atoms with Crippen molar-refractivity contribution in [3.63, 3.8) is 0 Å². The van der Waals surface area contributed by atoms with Gasteiger partial charge in [-0.1, -0.05) is 17.7 Å². The normalized spacial score (nSPS) is 11.1. The third kappa shape index (κ3) is 4.18. The van der Waals surface area contributed by atoms with E-state index in [0.717, 1.165) is 40.8 Å². The Hall–Kier alpha value is -3.77. The Morgan fingerprint density at radius 1 is 0.969 bits per heavy atom. The van der Waals surface area contributed by atoms with E-state index in [1.54, 1.807) is 18.6 Å². The Balaban J connectivity index is 1.43. The van der Waals surface area contributed by atoms with Gasteiger partial charge in [-0.2, -0.15) is 0 Å². The molecule has 0 fully saturated rings. The van der Waals surface area contributed by atoms with Gasteiger partial charge < -0.3 is 9.88 Å².